The van der Waals surface area contributed by atoms with Gasteiger partial charge in [-0.3, -0.25) is 4.98 Å². The molecule has 1 aromatic heterocycles. The molecule has 14 heavy (non-hydrogen) atoms. The summed E-state index contributed by atoms with van der Waals surface area (Å²) in [5.74, 6) is 0. The Hall–Kier alpha value is -1.44. The average Bonchev–Trinajstić information content (AvgIpc) is 2.30. The highest BCUT2D eigenvalue weighted by atomic mass is 15.1. The molecular weight excluding hydrogens is 176 g/mol. The molecule has 2 rings (SSSR count). The first-order valence-electron chi connectivity index (χ1n) is 4.70. The molecule has 0 aromatic carbocycles. The van der Waals surface area contributed by atoms with E-state index >= 15 is 0 Å². The fraction of sp³-hybridized carbons (Fsp3) is 0.400. The Morgan fingerprint density at radius 2 is 2.36 bits per heavy atom. The molecule has 2 heterocycles. The number of hydrogen-bond donors (Lipinski definition) is 2. The minimum absolute atomic E-state index is 0.275. The average molecular weight is 188 g/mol. The second-order valence-corrected chi connectivity index (χ2v) is 3.29. The van der Waals surface area contributed by atoms with Crippen LogP contribution < -0.4 is 10.6 Å². The fourth-order valence-electron chi connectivity index (χ4n) is 1.54. The van der Waals surface area contributed by atoms with E-state index in [0.29, 0.717) is 5.56 Å². The SMILES string of the molecule is N#Cc1ccc(C2CNCCN2)nc1. The third kappa shape index (κ3) is 1.90. The van der Waals surface area contributed by atoms with Crippen molar-refractivity contribution >= 4 is 0 Å². The van der Waals surface area contributed by atoms with Crippen LogP contribution in [0.4, 0.5) is 0 Å². The minimum atomic E-state index is 0.275. The maximum Gasteiger partial charge on any atom is 0.101 e. The number of nitriles is 1. The highest BCUT2D eigenvalue weighted by Crippen LogP contribution is 2.10. The lowest BCUT2D eigenvalue weighted by atomic mass is 10.1. The van der Waals surface area contributed by atoms with Gasteiger partial charge in [-0.25, -0.2) is 0 Å². The van der Waals surface area contributed by atoms with Gasteiger partial charge in [0.25, 0.3) is 0 Å². The van der Waals surface area contributed by atoms with Crippen molar-refractivity contribution in [3.05, 3.63) is 29.6 Å². The molecule has 1 saturated heterocycles. The Kier molecular flexibility index (Phi) is 2.73. The Bertz CT molecular complexity index is 332. The van der Waals surface area contributed by atoms with Crippen molar-refractivity contribution in [2.24, 2.45) is 0 Å². The van der Waals surface area contributed by atoms with Gasteiger partial charge < -0.3 is 10.6 Å². The summed E-state index contributed by atoms with van der Waals surface area (Å²) in [7, 11) is 0. The van der Waals surface area contributed by atoms with Crippen LogP contribution in [0.3, 0.4) is 0 Å². The van der Waals surface area contributed by atoms with Crippen molar-refractivity contribution in [1.82, 2.24) is 15.6 Å². The molecule has 0 spiro atoms. The number of nitrogens with one attached hydrogen (secondary N) is 2. The molecule has 0 bridgehead atoms. The summed E-state index contributed by atoms with van der Waals surface area (Å²) in [6.07, 6.45) is 1.62. The molecule has 1 aliphatic heterocycles. The summed E-state index contributed by atoms with van der Waals surface area (Å²) in [5.41, 5.74) is 1.61. The molecule has 2 N–H and O–H groups in total. The maximum absolute atomic E-state index is 8.62. The van der Waals surface area contributed by atoms with Gasteiger partial charge in [-0.1, -0.05) is 0 Å². The van der Waals surface area contributed by atoms with Crippen molar-refractivity contribution in [2.75, 3.05) is 19.6 Å². The molecule has 72 valence electrons. The Balaban J connectivity index is 2.12. The topological polar surface area (TPSA) is 60.7 Å². The molecule has 4 heteroatoms. The third-order valence-corrected chi connectivity index (χ3v) is 2.31. The number of aromatic nitrogens is 1. The van der Waals surface area contributed by atoms with E-state index in [-0.39, 0.29) is 6.04 Å². The maximum atomic E-state index is 8.62. The molecule has 0 amide bonds. The molecule has 1 aromatic rings. The largest absolute Gasteiger partial charge is 0.314 e. The quantitative estimate of drug-likeness (QED) is 0.660. The summed E-state index contributed by atoms with van der Waals surface area (Å²) < 4.78 is 0. The van der Waals surface area contributed by atoms with Crippen LogP contribution in [-0.2, 0) is 0 Å². The molecule has 1 fully saturated rings. The third-order valence-electron chi connectivity index (χ3n) is 2.31. The van der Waals surface area contributed by atoms with E-state index in [0.717, 1.165) is 25.3 Å². The van der Waals surface area contributed by atoms with Crippen LogP contribution in [0, 0.1) is 11.3 Å². The highest BCUT2D eigenvalue weighted by Gasteiger charge is 2.14. The molecule has 0 radical (unpaired) electrons. The first kappa shape index (κ1) is 9.13. The Labute approximate surface area is 83.0 Å². The number of nitrogens with zero attached hydrogens (tertiary/aromatic N) is 2. The lowest BCUT2D eigenvalue weighted by molar-refractivity contribution is 0.423. The van der Waals surface area contributed by atoms with Crippen molar-refractivity contribution in [3.8, 4) is 6.07 Å². The summed E-state index contributed by atoms with van der Waals surface area (Å²) in [4.78, 5) is 4.25. The van der Waals surface area contributed by atoms with Crippen LogP contribution in [0.1, 0.15) is 17.3 Å². The van der Waals surface area contributed by atoms with E-state index in [1.54, 1.807) is 12.3 Å². The van der Waals surface area contributed by atoms with Gasteiger partial charge in [0.2, 0.25) is 0 Å². The van der Waals surface area contributed by atoms with E-state index in [2.05, 4.69) is 21.7 Å². The molecule has 1 aliphatic rings. The van der Waals surface area contributed by atoms with E-state index in [1.807, 2.05) is 6.07 Å². The van der Waals surface area contributed by atoms with Gasteiger partial charge in [-0.15, -0.1) is 0 Å². The molecular formula is C10H12N4. The number of piperazine rings is 1. The lowest BCUT2D eigenvalue weighted by Gasteiger charge is -2.23. The number of hydrogen-bond acceptors (Lipinski definition) is 4. The summed E-state index contributed by atoms with van der Waals surface area (Å²) >= 11 is 0. The zero-order valence-electron chi connectivity index (χ0n) is 7.83. The van der Waals surface area contributed by atoms with Crippen LogP contribution in [0.25, 0.3) is 0 Å². The van der Waals surface area contributed by atoms with Gasteiger partial charge in [0.1, 0.15) is 6.07 Å². The van der Waals surface area contributed by atoms with E-state index in [9.17, 15) is 0 Å². The summed E-state index contributed by atoms with van der Waals surface area (Å²) in [6, 6.07) is 6.04. The van der Waals surface area contributed by atoms with Crippen LogP contribution in [0.5, 0.6) is 0 Å². The summed E-state index contributed by atoms with van der Waals surface area (Å²) in [6.45, 7) is 2.87. The molecule has 0 aliphatic carbocycles. The zero-order chi connectivity index (χ0) is 9.80. The predicted molar refractivity (Wildman–Crippen MR) is 52.6 cm³/mol. The van der Waals surface area contributed by atoms with Gasteiger partial charge in [0, 0.05) is 25.8 Å². The predicted octanol–water partition coefficient (Wildman–Crippen LogP) is 0.187. The van der Waals surface area contributed by atoms with Crippen LogP contribution >= 0.6 is 0 Å². The van der Waals surface area contributed by atoms with Crippen LogP contribution in [0.2, 0.25) is 0 Å². The Morgan fingerprint density at radius 1 is 1.43 bits per heavy atom. The van der Waals surface area contributed by atoms with Crippen LogP contribution in [-0.4, -0.2) is 24.6 Å². The van der Waals surface area contributed by atoms with Gasteiger partial charge in [0.05, 0.1) is 17.3 Å². The molecule has 1 atom stereocenters. The second kappa shape index (κ2) is 4.18. The van der Waals surface area contributed by atoms with Gasteiger partial charge in [0.15, 0.2) is 0 Å². The number of rotatable bonds is 1. The van der Waals surface area contributed by atoms with Gasteiger partial charge in [-0.05, 0) is 12.1 Å². The van der Waals surface area contributed by atoms with E-state index in [4.69, 9.17) is 5.26 Å². The number of pyridine rings is 1. The second-order valence-electron chi connectivity index (χ2n) is 3.29. The lowest BCUT2D eigenvalue weighted by Crippen LogP contribution is -2.42. The van der Waals surface area contributed by atoms with Crippen molar-refractivity contribution in [1.29, 1.82) is 5.26 Å². The van der Waals surface area contributed by atoms with Gasteiger partial charge >= 0.3 is 0 Å². The highest BCUT2D eigenvalue weighted by molar-refractivity contribution is 5.27. The van der Waals surface area contributed by atoms with Crippen molar-refractivity contribution in [2.45, 2.75) is 6.04 Å². The van der Waals surface area contributed by atoms with Crippen LogP contribution in [0.15, 0.2) is 18.3 Å². The normalized spacial score (nSPS) is 21.5. The standard InChI is InChI=1S/C10H12N4/c11-5-8-1-2-9(14-6-8)10-7-12-3-4-13-10/h1-2,6,10,12-13H,3-4,7H2. The molecule has 4 nitrogen and oxygen atoms in total. The van der Waals surface area contributed by atoms with E-state index < -0.39 is 0 Å². The van der Waals surface area contributed by atoms with Crippen molar-refractivity contribution in [3.63, 3.8) is 0 Å². The fourth-order valence-corrected chi connectivity index (χ4v) is 1.54. The summed E-state index contributed by atoms with van der Waals surface area (Å²) in [5, 5.41) is 15.3. The van der Waals surface area contributed by atoms with Gasteiger partial charge in [-0.2, -0.15) is 5.26 Å². The molecule has 0 saturated carbocycles. The minimum Gasteiger partial charge on any atom is -0.314 e. The Morgan fingerprint density at radius 3 is 2.93 bits per heavy atom. The first-order chi connectivity index (χ1) is 6.90. The monoisotopic (exact) mass is 188 g/mol. The molecule has 1 unspecified atom stereocenters. The zero-order valence-corrected chi connectivity index (χ0v) is 7.83. The van der Waals surface area contributed by atoms with Crippen molar-refractivity contribution < 1.29 is 0 Å². The first-order valence-corrected chi connectivity index (χ1v) is 4.70. The smallest absolute Gasteiger partial charge is 0.101 e. The van der Waals surface area contributed by atoms with E-state index in [1.165, 1.54) is 0 Å².